The van der Waals surface area contributed by atoms with Crippen molar-refractivity contribution in [2.24, 2.45) is 5.92 Å². The lowest BCUT2D eigenvalue weighted by molar-refractivity contribution is 0.342. The fourth-order valence-corrected chi connectivity index (χ4v) is 1.18. The van der Waals surface area contributed by atoms with E-state index in [1.54, 1.807) is 0 Å². The second-order valence-corrected chi connectivity index (χ2v) is 4.37. The van der Waals surface area contributed by atoms with Gasteiger partial charge in [0.15, 0.2) is 5.82 Å². The fourth-order valence-electron chi connectivity index (χ4n) is 1.18. The van der Waals surface area contributed by atoms with Gasteiger partial charge in [-0.3, -0.25) is 0 Å². The second kappa shape index (κ2) is 5.82. The third-order valence-corrected chi connectivity index (χ3v) is 1.80. The van der Waals surface area contributed by atoms with Gasteiger partial charge >= 0.3 is 0 Å². The first-order valence-electron chi connectivity index (χ1n) is 5.25. The number of nitrogens with zero attached hydrogens (tertiary/aromatic N) is 3. The predicted molar refractivity (Wildman–Crippen MR) is 58.2 cm³/mol. The average Bonchev–Trinajstić information content (AvgIpc) is 2.50. The van der Waals surface area contributed by atoms with Crippen LogP contribution in [-0.2, 0) is 13.1 Å². The van der Waals surface area contributed by atoms with E-state index in [9.17, 15) is 0 Å². The first kappa shape index (κ1) is 12.1. The third-order valence-electron chi connectivity index (χ3n) is 1.80. The number of hydrogen-bond donors (Lipinski definition) is 1. The van der Waals surface area contributed by atoms with Gasteiger partial charge in [0.25, 0.3) is 0 Å². The molecular weight excluding hydrogens is 192 g/mol. The quantitative estimate of drug-likeness (QED) is 0.758. The lowest BCUT2D eigenvalue weighted by atomic mass is 10.2. The summed E-state index contributed by atoms with van der Waals surface area (Å²) in [6.07, 6.45) is 0. The van der Waals surface area contributed by atoms with E-state index in [1.807, 2.05) is 19.0 Å². The molecule has 0 unspecified atom stereocenters. The van der Waals surface area contributed by atoms with E-state index in [4.69, 9.17) is 4.52 Å². The highest BCUT2D eigenvalue weighted by molar-refractivity contribution is 4.85. The molecular formula is C10H20N4O. The molecule has 15 heavy (non-hydrogen) atoms. The van der Waals surface area contributed by atoms with E-state index in [-0.39, 0.29) is 0 Å². The zero-order valence-corrected chi connectivity index (χ0v) is 9.95. The van der Waals surface area contributed by atoms with E-state index >= 15 is 0 Å². The largest absolute Gasteiger partial charge is 0.338 e. The van der Waals surface area contributed by atoms with Crippen LogP contribution in [0.3, 0.4) is 0 Å². The van der Waals surface area contributed by atoms with Gasteiger partial charge in [0.2, 0.25) is 5.89 Å². The van der Waals surface area contributed by atoms with Crippen molar-refractivity contribution in [3.63, 3.8) is 0 Å². The molecule has 0 atom stereocenters. The van der Waals surface area contributed by atoms with Crippen LogP contribution in [0.2, 0.25) is 0 Å². The molecule has 0 saturated carbocycles. The highest BCUT2D eigenvalue weighted by atomic mass is 16.5. The van der Waals surface area contributed by atoms with Crippen molar-refractivity contribution in [3.8, 4) is 0 Å². The average molecular weight is 212 g/mol. The molecule has 0 spiro atoms. The first-order valence-corrected chi connectivity index (χ1v) is 5.25. The molecule has 5 heteroatoms. The first-order chi connectivity index (χ1) is 7.08. The van der Waals surface area contributed by atoms with Crippen molar-refractivity contribution in [1.29, 1.82) is 0 Å². The van der Waals surface area contributed by atoms with E-state index < -0.39 is 0 Å². The molecule has 0 bridgehead atoms. The van der Waals surface area contributed by atoms with Crippen LogP contribution in [0, 0.1) is 5.92 Å². The molecule has 1 N–H and O–H groups in total. The van der Waals surface area contributed by atoms with Crippen molar-refractivity contribution in [2.75, 3.05) is 20.6 Å². The number of hydrogen-bond acceptors (Lipinski definition) is 5. The van der Waals surface area contributed by atoms with E-state index in [1.165, 1.54) is 0 Å². The lowest BCUT2D eigenvalue weighted by Gasteiger charge is -2.04. The van der Waals surface area contributed by atoms with Crippen LogP contribution in [0.25, 0.3) is 0 Å². The summed E-state index contributed by atoms with van der Waals surface area (Å²) in [5, 5.41) is 7.14. The van der Waals surface area contributed by atoms with E-state index in [2.05, 4.69) is 29.3 Å². The number of nitrogens with one attached hydrogen (secondary N) is 1. The molecule has 0 aromatic carbocycles. The maximum Gasteiger partial charge on any atom is 0.240 e. The standard InChI is InChI=1S/C10H20N4O/c1-8(2)5-11-6-10-12-9(13-15-10)7-14(3)4/h8,11H,5-7H2,1-4H3. The lowest BCUT2D eigenvalue weighted by Crippen LogP contribution is -2.19. The minimum atomic E-state index is 0.633. The van der Waals surface area contributed by atoms with Gasteiger partial charge < -0.3 is 14.7 Å². The van der Waals surface area contributed by atoms with Crippen LogP contribution < -0.4 is 5.32 Å². The molecule has 1 aromatic heterocycles. The molecule has 0 saturated heterocycles. The van der Waals surface area contributed by atoms with Gasteiger partial charge in [-0.25, -0.2) is 0 Å². The molecule has 5 nitrogen and oxygen atoms in total. The summed E-state index contributed by atoms with van der Waals surface area (Å²) >= 11 is 0. The van der Waals surface area contributed by atoms with Crippen molar-refractivity contribution >= 4 is 0 Å². The molecule has 1 heterocycles. The van der Waals surface area contributed by atoms with Gasteiger partial charge in [-0.2, -0.15) is 4.98 Å². The van der Waals surface area contributed by atoms with Crippen LogP contribution >= 0.6 is 0 Å². The Morgan fingerprint density at radius 1 is 1.40 bits per heavy atom. The van der Waals surface area contributed by atoms with Crippen molar-refractivity contribution in [1.82, 2.24) is 20.4 Å². The fraction of sp³-hybridized carbons (Fsp3) is 0.800. The summed E-state index contributed by atoms with van der Waals surface area (Å²) in [7, 11) is 3.96. The summed E-state index contributed by atoms with van der Waals surface area (Å²) in [6.45, 7) is 6.66. The molecule has 0 fully saturated rings. The van der Waals surface area contributed by atoms with Gasteiger partial charge in [-0.05, 0) is 26.6 Å². The topological polar surface area (TPSA) is 54.2 Å². The molecule has 0 aliphatic carbocycles. The molecule has 0 amide bonds. The van der Waals surface area contributed by atoms with Crippen LogP contribution in [0.1, 0.15) is 25.6 Å². The van der Waals surface area contributed by atoms with Gasteiger partial charge in [0, 0.05) is 0 Å². The normalized spacial score (nSPS) is 11.6. The molecule has 86 valence electrons. The van der Waals surface area contributed by atoms with Crippen LogP contribution in [0.4, 0.5) is 0 Å². The Kier molecular flexibility index (Phi) is 4.71. The summed E-state index contributed by atoms with van der Waals surface area (Å²) in [5.41, 5.74) is 0. The Hall–Kier alpha value is -0.940. The molecule has 0 radical (unpaired) electrons. The zero-order valence-electron chi connectivity index (χ0n) is 9.95. The smallest absolute Gasteiger partial charge is 0.240 e. The van der Waals surface area contributed by atoms with Gasteiger partial charge in [0.05, 0.1) is 13.1 Å². The maximum absolute atomic E-state index is 5.10. The Balaban J connectivity index is 2.33. The van der Waals surface area contributed by atoms with E-state index in [0.29, 0.717) is 24.9 Å². The summed E-state index contributed by atoms with van der Waals surface area (Å²) in [4.78, 5) is 6.28. The Bertz CT molecular complexity index is 283. The van der Waals surface area contributed by atoms with Gasteiger partial charge in [0.1, 0.15) is 0 Å². The predicted octanol–water partition coefficient (Wildman–Crippen LogP) is 0.877. The summed E-state index contributed by atoms with van der Waals surface area (Å²) < 4.78 is 5.10. The second-order valence-electron chi connectivity index (χ2n) is 4.37. The molecule has 0 aliphatic rings. The van der Waals surface area contributed by atoms with Gasteiger partial charge in [-0.1, -0.05) is 19.0 Å². The zero-order chi connectivity index (χ0) is 11.3. The monoisotopic (exact) mass is 212 g/mol. The number of rotatable bonds is 6. The number of aromatic nitrogens is 2. The Morgan fingerprint density at radius 3 is 2.73 bits per heavy atom. The minimum Gasteiger partial charge on any atom is -0.338 e. The molecule has 1 aromatic rings. The van der Waals surface area contributed by atoms with Crippen molar-refractivity contribution < 1.29 is 4.52 Å². The van der Waals surface area contributed by atoms with Crippen LogP contribution in [-0.4, -0.2) is 35.7 Å². The molecule has 1 rings (SSSR count). The maximum atomic E-state index is 5.10. The Labute approximate surface area is 90.8 Å². The van der Waals surface area contributed by atoms with E-state index in [0.717, 1.165) is 12.4 Å². The third kappa shape index (κ3) is 4.90. The van der Waals surface area contributed by atoms with Crippen molar-refractivity contribution in [3.05, 3.63) is 11.7 Å². The van der Waals surface area contributed by atoms with Crippen LogP contribution in [0.15, 0.2) is 4.52 Å². The highest BCUT2D eigenvalue weighted by Gasteiger charge is 2.06. The highest BCUT2D eigenvalue weighted by Crippen LogP contribution is 1.99. The summed E-state index contributed by atoms with van der Waals surface area (Å²) in [5.74, 6) is 2.03. The van der Waals surface area contributed by atoms with Crippen molar-refractivity contribution in [2.45, 2.75) is 26.9 Å². The van der Waals surface area contributed by atoms with Crippen LogP contribution in [0.5, 0.6) is 0 Å². The molecule has 0 aliphatic heterocycles. The summed E-state index contributed by atoms with van der Waals surface area (Å²) in [6, 6.07) is 0. The van der Waals surface area contributed by atoms with Gasteiger partial charge in [-0.15, -0.1) is 0 Å². The Morgan fingerprint density at radius 2 is 2.13 bits per heavy atom. The minimum absolute atomic E-state index is 0.633. The SMILES string of the molecule is CC(C)CNCc1nc(CN(C)C)no1.